The fourth-order valence-corrected chi connectivity index (χ4v) is 2.52. The van der Waals surface area contributed by atoms with Gasteiger partial charge in [0.25, 0.3) is 5.91 Å². The van der Waals surface area contributed by atoms with Crippen LogP contribution in [0.5, 0.6) is 5.75 Å². The number of carbonyl (C=O) groups excluding carboxylic acids is 1. The van der Waals surface area contributed by atoms with E-state index < -0.39 is 0 Å². The predicted molar refractivity (Wildman–Crippen MR) is 74.4 cm³/mol. The molecule has 0 spiro atoms. The lowest BCUT2D eigenvalue weighted by Gasteiger charge is -2.29. The van der Waals surface area contributed by atoms with E-state index in [1.54, 1.807) is 6.07 Å². The van der Waals surface area contributed by atoms with Crippen LogP contribution < -0.4 is 10.1 Å². The maximum atomic E-state index is 12.4. The Morgan fingerprint density at radius 3 is 2.89 bits per heavy atom. The summed E-state index contributed by atoms with van der Waals surface area (Å²) in [5.74, 6) is 0.841. The van der Waals surface area contributed by atoms with Crippen molar-refractivity contribution in [2.45, 2.75) is 0 Å². The Morgan fingerprint density at radius 1 is 1.32 bits per heavy atom. The Balaban J connectivity index is 1.83. The third-order valence-electron chi connectivity index (χ3n) is 3.36. The van der Waals surface area contributed by atoms with Crippen LogP contribution in [0, 0.1) is 0 Å². The molecular weight excluding hydrogens is 264 g/mol. The summed E-state index contributed by atoms with van der Waals surface area (Å²) in [5, 5.41) is 3.88. The van der Waals surface area contributed by atoms with Crippen molar-refractivity contribution in [3.8, 4) is 5.75 Å². The van der Waals surface area contributed by atoms with E-state index >= 15 is 0 Å². The predicted octanol–water partition coefficient (Wildman–Crippen LogP) is 1.55. The zero-order chi connectivity index (χ0) is 13.2. The summed E-state index contributed by atoms with van der Waals surface area (Å²) in [6, 6.07) is 5.44. The number of halogens is 1. The van der Waals surface area contributed by atoms with Gasteiger partial charge in [-0.15, -0.1) is 0 Å². The van der Waals surface area contributed by atoms with Gasteiger partial charge in [0.15, 0.2) is 0 Å². The molecule has 1 saturated heterocycles. The molecule has 0 unspecified atom stereocenters. The van der Waals surface area contributed by atoms with E-state index in [9.17, 15) is 4.79 Å². The SMILES string of the molecule is O=C(C1=Cc2cc(Cl)ccc2OC1)N1CCNCC1. The third-order valence-corrected chi connectivity index (χ3v) is 3.60. The van der Waals surface area contributed by atoms with Crippen LogP contribution in [-0.2, 0) is 4.79 Å². The summed E-state index contributed by atoms with van der Waals surface area (Å²) in [5.41, 5.74) is 1.56. The molecule has 0 saturated carbocycles. The van der Waals surface area contributed by atoms with Crippen molar-refractivity contribution in [3.63, 3.8) is 0 Å². The number of amides is 1. The zero-order valence-electron chi connectivity index (χ0n) is 10.5. The van der Waals surface area contributed by atoms with E-state index in [0.717, 1.165) is 37.5 Å². The summed E-state index contributed by atoms with van der Waals surface area (Å²) in [6.07, 6.45) is 1.88. The molecule has 1 fully saturated rings. The van der Waals surface area contributed by atoms with Gasteiger partial charge in [0.1, 0.15) is 12.4 Å². The average Bonchev–Trinajstić information content (AvgIpc) is 2.46. The molecule has 1 aromatic carbocycles. The highest BCUT2D eigenvalue weighted by atomic mass is 35.5. The molecule has 0 radical (unpaired) electrons. The fraction of sp³-hybridized carbons (Fsp3) is 0.357. The number of nitrogens with zero attached hydrogens (tertiary/aromatic N) is 1. The minimum absolute atomic E-state index is 0.0622. The van der Waals surface area contributed by atoms with Crippen LogP contribution >= 0.6 is 11.6 Å². The molecule has 1 amide bonds. The summed E-state index contributed by atoms with van der Waals surface area (Å²) in [7, 11) is 0. The zero-order valence-corrected chi connectivity index (χ0v) is 11.2. The minimum Gasteiger partial charge on any atom is -0.488 e. The lowest BCUT2D eigenvalue weighted by Crippen LogP contribution is -2.47. The van der Waals surface area contributed by atoms with Gasteiger partial charge in [-0.2, -0.15) is 0 Å². The molecular formula is C14H15ClN2O2. The Kier molecular flexibility index (Phi) is 3.44. The van der Waals surface area contributed by atoms with Crippen molar-refractivity contribution in [1.82, 2.24) is 10.2 Å². The van der Waals surface area contributed by atoms with Gasteiger partial charge in [0.2, 0.25) is 0 Å². The molecule has 4 nitrogen and oxygen atoms in total. The largest absolute Gasteiger partial charge is 0.488 e. The van der Waals surface area contributed by atoms with E-state index in [-0.39, 0.29) is 5.91 Å². The Hall–Kier alpha value is -1.52. The van der Waals surface area contributed by atoms with Crippen molar-refractivity contribution in [3.05, 3.63) is 34.4 Å². The number of hydrogen-bond acceptors (Lipinski definition) is 3. The van der Waals surface area contributed by atoms with Crippen LogP contribution in [0.4, 0.5) is 0 Å². The summed E-state index contributed by atoms with van der Waals surface area (Å²) in [6.45, 7) is 3.53. The third kappa shape index (κ3) is 2.60. The highest BCUT2D eigenvalue weighted by molar-refractivity contribution is 6.30. The van der Waals surface area contributed by atoms with Gasteiger partial charge < -0.3 is 15.0 Å². The van der Waals surface area contributed by atoms with Crippen molar-refractivity contribution in [2.24, 2.45) is 0 Å². The van der Waals surface area contributed by atoms with E-state index in [2.05, 4.69) is 5.32 Å². The van der Waals surface area contributed by atoms with Gasteiger partial charge in [-0.05, 0) is 24.3 Å². The van der Waals surface area contributed by atoms with E-state index in [4.69, 9.17) is 16.3 Å². The van der Waals surface area contributed by atoms with Crippen LogP contribution in [-0.4, -0.2) is 43.6 Å². The number of hydrogen-bond donors (Lipinski definition) is 1. The van der Waals surface area contributed by atoms with Crippen molar-refractivity contribution >= 4 is 23.6 Å². The van der Waals surface area contributed by atoms with Gasteiger partial charge >= 0.3 is 0 Å². The maximum Gasteiger partial charge on any atom is 0.253 e. The average molecular weight is 279 g/mol. The van der Waals surface area contributed by atoms with Gasteiger partial charge in [-0.1, -0.05) is 11.6 Å². The molecule has 3 rings (SSSR count). The highest BCUT2D eigenvalue weighted by Gasteiger charge is 2.23. The normalized spacial score (nSPS) is 18.4. The second kappa shape index (κ2) is 5.23. The lowest BCUT2D eigenvalue weighted by atomic mass is 10.1. The molecule has 0 bridgehead atoms. The number of benzene rings is 1. The van der Waals surface area contributed by atoms with Gasteiger partial charge in [-0.3, -0.25) is 4.79 Å². The van der Waals surface area contributed by atoms with Crippen molar-refractivity contribution in [1.29, 1.82) is 0 Å². The van der Waals surface area contributed by atoms with Gasteiger partial charge in [-0.25, -0.2) is 0 Å². The first kappa shape index (κ1) is 12.5. The molecule has 2 heterocycles. The van der Waals surface area contributed by atoms with Crippen LogP contribution in [0.25, 0.3) is 6.08 Å². The van der Waals surface area contributed by atoms with E-state index in [1.165, 1.54) is 0 Å². The molecule has 0 atom stereocenters. The first-order valence-corrected chi connectivity index (χ1v) is 6.75. The van der Waals surface area contributed by atoms with E-state index in [0.29, 0.717) is 17.2 Å². The number of carbonyl (C=O) groups is 1. The number of ether oxygens (including phenoxy) is 1. The van der Waals surface area contributed by atoms with Gasteiger partial charge in [0.05, 0.1) is 5.57 Å². The van der Waals surface area contributed by atoms with Crippen LogP contribution in [0.3, 0.4) is 0 Å². The first-order valence-electron chi connectivity index (χ1n) is 6.37. The molecule has 19 heavy (non-hydrogen) atoms. The quantitative estimate of drug-likeness (QED) is 0.847. The van der Waals surface area contributed by atoms with Crippen LogP contribution in [0.1, 0.15) is 5.56 Å². The van der Waals surface area contributed by atoms with Crippen molar-refractivity contribution < 1.29 is 9.53 Å². The molecule has 0 aliphatic carbocycles. The standard InChI is InChI=1S/C14H15ClN2O2/c15-12-1-2-13-10(8-12)7-11(9-19-13)14(18)17-5-3-16-4-6-17/h1-2,7-8,16H,3-6,9H2. The topological polar surface area (TPSA) is 41.6 Å². The number of rotatable bonds is 1. The maximum absolute atomic E-state index is 12.4. The Morgan fingerprint density at radius 2 is 2.11 bits per heavy atom. The molecule has 2 aliphatic rings. The fourth-order valence-electron chi connectivity index (χ4n) is 2.34. The van der Waals surface area contributed by atoms with E-state index in [1.807, 2.05) is 23.1 Å². The Bertz CT molecular complexity index is 536. The first-order chi connectivity index (χ1) is 9.24. The number of nitrogens with one attached hydrogen (secondary N) is 1. The van der Waals surface area contributed by atoms with Crippen molar-refractivity contribution in [2.75, 3.05) is 32.8 Å². The molecule has 0 aromatic heterocycles. The number of piperazine rings is 1. The summed E-state index contributed by atoms with van der Waals surface area (Å²) in [4.78, 5) is 14.2. The molecule has 5 heteroatoms. The van der Waals surface area contributed by atoms with Gasteiger partial charge in [0, 0.05) is 36.8 Å². The highest BCUT2D eigenvalue weighted by Crippen LogP contribution is 2.29. The Labute approximate surface area is 117 Å². The molecule has 2 aliphatic heterocycles. The number of fused-ring (bicyclic) bond motifs is 1. The second-order valence-corrected chi connectivity index (χ2v) is 5.12. The molecule has 1 aromatic rings. The second-order valence-electron chi connectivity index (χ2n) is 4.68. The molecule has 1 N–H and O–H groups in total. The molecule has 100 valence electrons. The van der Waals surface area contributed by atoms with Crippen LogP contribution in [0.2, 0.25) is 5.02 Å². The smallest absolute Gasteiger partial charge is 0.253 e. The van der Waals surface area contributed by atoms with Crippen LogP contribution in [0.15, 0.2) is 23.8 Å². The lowest BCUT2D eigenvalue weighted by molar-refractivity contribution is -0.128. The minimum atomic E-state index is 0.0622. The summed E-state index contributed by atoms with van der Waals surface area (Å²) >= 11 is 5.96. The monoisotopic (exact) mass is 278 g/mol. The summed E-state index contributed by atoms with van der Waals surface area (Å²) < 4.78 is 5.61.